The minimum atomic E-state index is 0.282. The fourth-order valence-electron chi connectivity index (χ4n) is 2.50. The van der Waals surface area contributed by atoms with Gasteiger partial charge in [-0.15, -0.1) is 11.3 Å². The minimum Gasteiger partial charge on any atom is -0.337 e. The highest BCUT2D eigenvalue weighted by atomic mass is 32.1. The summed E-state index contributed by atoms with van der Waals surface area (Å²) in [6.07, 6.45) is 3.01. The van der Waals surface area contributed by atoms with Crippen LogP contribution in [0.25, 0.3) is 0 Å². The number of hydrogen-bond donors (Lipinski definition) is 1. The monoisotopic (exact) mass is 276 g/mol. The van der Waals surface area contributed by atoms with Crippen molar-refractivity contribution in [1.82, 2.24) is 4.90 Å². The second-order valence-electron chi connectivity index (χ2n) is 4.90. The Kier molecular flexibility index (Phi) is 5.00. The van der Waals surface area contributed by atoms with Gasteiger partial charge in [0, 0.05) is 23.4 Å². The van der Waals surface area contributed by atoms with Gasteiger partial charge in [-0.3, -0.25) is 4.79 Å². The van der Waals surface area contributed by atoms with Crippen molar-refractivity contribution >= 4 is 17.2 Å². The SMILES string of the molecule is CCCC1CC(=O)N(Cc2sccc2C#CCN)C1. The number of nitrogens with two attached hydrogens (primary N) is 1. The lowest BCUT2D eigenvalue weighted by atomic mass is 10.0. The first-order valence-corrected chi connectivity index (χ1v) is 7.65. The van der Waals surface area contributed by atoms with Crippen LogP contribution >= 0.6 is 11.3 Å². The molecule has 1 amide bonds. The van der Waals surface area contributed by atoms with Crippen LogP contribution in [0.1, 0.15) is 36.6 Å². The molecule has 0 aliphatic carbocycles. The van der Waals surface area contributed by atoms with Crippen molar-refractivity contribution in [3.63, 3.8) is 0 Å². The second kappa shape index (κ2) is 6.74. The highest BCUT2D eigenvalue weighted by Gasteiger charge is 2.29. The van der Waals surface area contributed by atoms with E-state index >= 15 is 0 Å². The Balaban J connectivity index is 2.02. The van der Waals surface area contributed by atoms with E-state index in [9.17, 15) is 4.79 Å². The lowest BCUT2D eigenvalue weighted by Gasteiger charge is -2.15. The van der Waals surface area contributed by atoms with E-state index < -0.39 is 0 Å². The Hall–Kier alpha value is -1.31. The standard InChI is InChI=1S/C15H20N2OS/c1-2-4-12-9-15(18)17(10-12)11-14-13(5-3-7-16)6-8-19-14/h6,8,12H,2,4,7,9-11,16H2,1H3. The number of rotatable bonds is 4. The minimum absolute atomic E-state index is 0.282. The van der Waals surface area contributed by atoms with Gasteiger partial charge in [0.2, 0.25) is 5.91 Å². The molecule has 1 aliphatic heterocycles. The van der Waals surface area contributed by atoms with Crippen LogP contribution in [0.5, 0.6) is 0 Å². The van der Waals surface area contributed by atoms with Crippen LogP contribution in [0.4, 0.5) is 0 Å². The van der Waals surface area contributed by atoms with Gasteiger partial charge in [0.15, 0.2) is 0 Å². The van der Waals surface area contributed by atoms with Gasteiger partial charge in [-0.1, -0.05) is 25.2 Å². The molecule has 0 saturated carbocycles. The van der Waals surface area contributed by atoms with E-state index in [1.165, 1.54) is 4.88 Å². The van der Waals surface area contributed by atoms with Crippen molar-refractivity contribution in [2.45, 2.75) is 32.7 Å². The van der Waals surface area contributed by atoms with Crippen molar-refractivity contribution in [2.75, 3.05) is 13.1 Å². The number of nitrogens with zero attached hydrogens (tertiary/aromatic N) is 1. The quantitative estimate of drug-likeness (QED) is 0.857. The van der Waals surface area contributed by atoms with Crippen LogP contribution in [0.15, 0.2) is 11.4 Å². The molecule has 3 nitrogen and oxygen atoms in total. The van der Waals surface area contributed by atoms with Crippen molar-refractivity contribution in [2.24, 2.45) is 11.7 Å². The summed E-state index contributed by atoms with van der Waals surface area (Å²) in [6, 6.07) is 2.01. The van der Waals surface area contributed by atoms with Gasteiger partial charge in [0.05, 0.1) is 13.1 Å². The first-order valence-electron chi connectivity index (χ1n) is 6.77. The maximum Gasteiger partial charge on any atom is 0.223 e. The first kappa shape index (κ1) is 14.1. The molecule has 0 spiro atoms. The molecule has 0 bridgehead atoms. The maximum atomic E-state index is 12.0. The summed E-state index contributed by atoms with van der Waals surface area (Å²) >= 11 is 1.67. The summed E-state index contributed by atoms with van der Waals surface area (Å²) in [7, 11) is 0. The van der Waals surface area contributed by atoms with E-state index in [2.05, 4.69) is 18.8 Å². The summed E-state index contributed by atoms with van der Waals surface area (Å²) < 4.78 is 0. The third kappa shape index (κ3) is 3.59. The van der Waals surface area contributed by atoms with Gasteiger partial charge in [0.25, 0.3) is 0 Å². The van der Waals surface area contributed by atoms with Gasteiger partial charge >= 0.3 is 0 Å². The zero-order valence-corrected chi connectivity index (χ0v) is 12.1. The summed E-state index contributed by atoms with van der Waals surface area (Å²) in [5.74, 6) is 6.77. The molecule has 2 rings (SSSR count). The van der Waals surface area contributed by atoms with Crippen LogP contribution in [0.2, 0.25) is 0 Å². The molecule has 1 fully saturated rings. The van der Waals surface area contributed by atoms with E-state index in [0.29, 0.717) is 25.4 Å². The Morgan fingerprint density at radius 2 is 2.42 bits per heavy atom. The molecule has 1 aromatic heterocycles. The molecule has 1 aliphatic rings. The third-order valence-electron chi connectivity index (χ3n) is 3.40. The number of hydrogen-bond acceptors (Lipinski definition) is 3. The Labute approximate surface area is 118 Å². The molecule has 4 heteroatoms. The van der Waals surface area contributed by atoms with Crippen LogP contribution in [-0.4, -0.2) is 23.9 Å². The van der Waals surface area contributed by atoms with Crippen molar-refractivity contribution < 1.29 is 4.79 Å². The molecule has 2 N–H and O–H groups in total. The van der Waals surface area contributed by atoms with Crippen molar-refractivity contribution in [3.8, 4) is 11.8 Å². The van der Waals surface area contributed by atoms with Gasteiger partial charge in [0.1, 0.15) is 0 Å². The molecule has 0 radical (unpaired) electrons. The Morgan fingerprint density at radius 1 is 1.58 bits per heavy atom. The fraction of sp³-hybridized carbons (Fsp3) is 0.533. The first-order chi connectivity index (χ1) is 9.24. The topological polar surface area (TPSA) is 46.3 Å². The highest BCUT2D eigenvalue weighted by molar-refractivity contribution is 7.10. The van der Waals surface area contributed by atoms with Crippen molar-refractivity contribution in [3.05, 3.63) is 21.9 Å². The molecule has 1 aromatic rings. The van der Waals surface area contributed by atoms with E-state index in [0.717, 1.165) is 24.9 Å². The third-order valence-corrected chi connectivity index (χ3v) is 4.30. The molecular weight excluding hydrogens is 256 g/mol. The summed E-state index contributed by atoms with van der Waals surface area (Å²) in [6.45, 7) is 4.14. The normalized spacial score (nSPS) is 18.5. The number of likely N-dealkylation sites (tertiary alicyclic amines) is 1. The molecule has 0 aromatic carbocycles. The zero-order valence-electron chi connectivity index (χ0n) is 11.3. The summed E-state index contributed by atoms with van der Waals surface area (Å²) in [5, 5.41) is 2.03. The maximum absolute atomic E-state index is 12.0. The fourth-order valence-corrected chi connectivity index (χ4v) is 3.35. The van der Waals surface area contributed by atoms with E-state index in [4.69, 9.17) is 5.73 Å². The van der Waals surface area contributed by atoms with Crippen LogP contribution in [0, 0.1) is 17.8 Å². The highest BCUT2D eigenvalue weighted by Crippen LogP contribution is 2.26. The van der Waals surface area contributed by atoms with Gasteiger partial charge in [-0.2, -0.15) is 0 Å². The molecular formula is C15H20N2OS. The van der Waals surface area contributed by atoms with Gasteiger partial charge < -0.3 is 10.6 Å². The zero-order chi connectivity index (χ0) is 13.7. The number of carbonyl (C=O) groups excluding carboxylic acids is 1. The molecule has 1 atom stereocenters. The van der Waals surface area contributed by atoms with Crippen LogP contribution < -0.4 is 5.73 Å². The van der Waals surface area contributed by atoms with E-state index in [-0.39, 0.29) is 5.91 Å². The average molecular weight is 276 g/mol. The molecule has 19 heavy (non-hydrogen) atoms. The largest absolute Gasteiger partial charge is 0.337 e. The Morgan fingerprint density at radius 3 is 3.16 bits per heavy atom. The van der Waals surface area contributed by atoms with E-state index in [1.54, 1.807) is 11.3 Å². The smallest absolute Gasteiger partial charge is 0.223 e. The van der Waals surface area contributed by atoms with Crippen molar-refractivity contribution in [1.29, 1.82) is 0 Å². The summed E-state index contributed by atoms with van der Waals surface area (Å²) in [4.78, 5) is 15.1. The second-order valence-corrected chi connectivity index (χ2v) is 5.90. The van der Waals surface area contributed by atoms with Gasteiger partial charge in [-0.05, 0) is 23.8 Å². The average Bonchev–Trinajstić information content (AvgIpc) is 2.96. The molecule has 102 valence electrons. The summed E-state index contributed by atoms with van der Waals surface area (Å²) in [5.41, 5.74) is 6.41. The molecule has 2 heterocycles. The van der Waals surface area contributed by atoms with E-state index in [1.807, 2.05) is 16.3 Å². The predicted octanol–water partition coefficient (Wildman–Crippen LogP) is 2.21. The van der Waals surface area contributed by atoms with Crippen LogP contribution in [0.3, 0.4) is 0 Å². The number of amides is 1. The molecule has 1 saturated heterocycles. The van der Waals surface area contributed by atoms with Gasteiger partial charge in [-0.25, -0.2) is 0 Å². The lowest BCUT2D eigenvalue weighted by molar-refractivity contribution is -0.128. The lowest BCUT2D eigenvalue weighted by Crippen LogP contribution is -2.24. The number of thiophene rings is 1. The number of carbonyl (C=O) groups is 1. The van der Waals surface area contributed by atoms with Crippen LogP contribution in [-0.2, 0) is 11.3 Å². The molecule has 1 unspecified atom stereocenters. The Bertz CT molecular complexity index is 498. The predicted molar refractivity (Wildman–Crippen MR) is 78.7 cm³/mol.